The molecule has 3 N–H and O–H groups in total. The van der Waals surface area contributed by atoms with Gasteiger partial charge >= 0.3 is 12.1 Å². The van der Waals surface area contributed by atoms with Gasteiger partial charge < -0.3 is 10.2 Å². The Kier molecular flexibility index (Phi) is 6.91. The highest BCUT2D eigenvalue weighted by Gasteiger charge is 2.39. The molecule has 0 aliphatic carbocycles. The van der Waals surface area contributed by atoms with E-state index in [1.165, 1.54) is 0 Å². The van der Waals surface area contributed by atoms with E-state index >= 15 is 0 Å². The van der Waals surface area contributed by atoms with Crippen LogP contribution in [0.5, 0.6) is 0 Å². The predicted molar refractivity (Wildman–Crippen MR) is 49.0 cm³/mol. The van der Waals surface area contributed by atoms with Crippen LogP contribution in [-0.2, 0) is 4.79 Å². The molecule has 0 spiro atoms. The Bertz CT molecular complexity index is 210. The van der Waals surface area contributed by atoms with Crippen molar-refractivity contribution in [1.29, 1.82) is 0 Å². The Hall–Kier alpha value is -0.530. The smallest absolute Gasteiger partial charge is 0.403 e. The van der Waals surface area contributed by atoms with Crippen LogP contribution in [0, 0.1) is 0 Å². The number of aliphatic hydroxyl groups excluding tert-OH is 1. The molecule has 0 fully saturated rings. The van der Waals surface area contributed by atoms with E-state index in [0.29, 0.717) is 0 Å². The maximum absolute atomic E-state index is 12.0. The first-order valence-corrected chi connectivity index (χ1v) is 3.90. The molecule has 0 bridgehead atoms. The SMILES string of the molecule is C[C@H](N[C@H](C(=O)O)[C@@H](C)O)C(F)(F)F.Cl. The van der Waals surface area contributed by atoms with Gasteiger partial charge in [0.15, 0.2) is 0 Å². The van der Waals surface area contributed by atoms with Crippen LogP contribution >= 0.6 is 12.4 Å². The molecular formula is C7H13ClF3NO3. The second kappa shape index (κ2) is 6.14. The van der Waals surface area contributed by atoms with Crippen molar-refractivity contribution >= 4 is 18.4 Å². The van der Waals surface area contributed by atoms with E-state index < -0.39 is 30.3 Å². The average molecular weight is 252 g/mol. The van der Waals surface area contributed by atoms with Gasteiger partial charge in [-0.1, -0.05) is 0 Å². The molecule has 92 valence electrons. The lowest BCUT2D eigenvalue weighted by Crippen LogP contribution is -2.53. The van der Waals surface area contributed by atoms with E-state index in [9.17, 15) is 18.0 Å². The highest BCUT2D eigenvalue weighted by Crippen LogP contribution is 2.20. The molecule has 0 amide bonds. The normalized spacial score (nSPS) is 17.5. The molecule has 0 saturated heterocycles. The fourth-order valence-corrected chi connectivity index (χ4v) is 0.781. The van der Waals surface area contributed by atoms with E-state index in [1.807, 2.05) is 0 Å². The molecule has 0 aliphatic heterocycles. The lowest BCUT2D eigenvalue weighted by Gasteiger charge is -2.23. The number of aliphatic carboxylic acids is 1. The first kappa shape index (κ1) is 16.9. The number of alkyl halides is 3. The third kappa shape index (κ3) is 5.81. The van der Waals surface area contributed by atoms with E-state index in [1.54, 1.807) is 5.32 Å². The summed E-state index contributed by atoms with van der Waals surface area (Å²) in [5.74, 6) is -1.52. The Morgan fingerprint density at radius 3 is 1.93 bits per heavy atom. The molecular weight excluding hydrogens is 239 g/mol. The fourth-order valence-electron chi connectivity index (χ4n) is 0.781. The van der Waals surface area contributed by atoms with Gasteiger partial charge in [-0.25, -0.2) is 0 Å². The summed E-state index contributed by atoms with van der Waals surface area (Å²) in [5.41, 5.74) is 0. The summed E-state index contributed by atoms with van der Waals surface area (Å²) in [6.07, 6.45) is -5.92. The summed E-state index contributed by atoms with van der Waals surface area (Å²) in [7, 11) is 0. The van der Waals surface area contributed by atoms with Gasteiger partial charge in [0.2, 0.25) is 0 Å². The van der Waals surface area contributed by atoms with E-state index in [4.69, 9.17) is 10.2 Å². The van der Waals surface area contributed by atoms with Gasteiger partial charge in [-0.2, -0.15) is 13.2 Å². The van der Waals surface area contributed by atoms with Gasteiger partial charge in [-0.15, -0.1) is 12.4 Å². The van der Waals surface area contributed by atoms with Crippen molar-refractivity contribution in [2.45, 2.75) is 38.2 Å². The molecule has 8 heteroatoms. The predicted octanol–water partition coefficient (Wildman–Crippen LogP) is 0.783. The number of carboxylic acid groups (broad SMARTS) is 1. The Morgan fingerprint density at radius 2 is 1.73 bits per heavy atom. The summed E-state index contributed by atoms with van der Waals surface area (Å²) in [6.45, 7) is 1.90. The monoisotopic (exact) mass is 251 g/mol. The molecule has 15 heavy (non-hydrogen) atoms. The number of hydrogen-bond donors (Lipinski definition) is 3. The summed E-state index contributed by atoms with van der Waals surface area (Å²) in [4.78, 5) is 10.4. The zero-order valence-corrected chi connectivity index (χ0v) is 8.89. The number of hydrogen-bond acceptors (Lipinski definition) is 3. The highest BCUT2D eigenvalue weighted by molar-refractivity contribution is 5.85. The molecule has 0 aromatic heterocycles. The number of carboxylic acids is 1. The average Bonchev–Trinajstić information content (AvgIpc) is 1.96. The quantitative estimate of drug-likeness (QED) is 0.691. The number of carbonyl (C=O) groups is 1. The number of rotatable bonds is 4. The fraction of sp³-hybridized carbons (Fsp3) is 0.857. The van der Waals surface area contributed by atoms with Crippen LogP contribution in [0.15, 0.2) is 0 Å². The molecule has 4 nitrogen and oxygen atoms in total. The second-order valence-corrected chi connectivity index (χ2v) is 2.99. The highest BCUT2D eigenvalue weighted by atomic mass is 35.5. The molecule has 0 radical (unpaired) electrons. The zero-order chi connectivity index (χ0) is 11.5. The van der Waals surface area contributed by atoms with Gasteiger partial charge in [0, 0.05) is 0 Å². The van der Waals surface area contributed by atoms with Crippen LogP contribution in [0.3, 0.4) is 0 Å². The summed E-state index contributed by atoms with van der Waals surface area (Å²) in [6, 6.07) is -3.59. The Morgan fingerprint density at radius 1 is 1.33 bits per heavy atom. The van der Waals surface area contributed by atoms with Crippen molar-refractivity contribution in [2.75, 3.05) is 0 Å². The molecule has 0 heterocycles. The van der Waals surface area contributed by atoms with E-state index in [0.717, 1.165) is 13.8 Å². The summed E-state index contributed by atoms with van der Waals surface area (Å²) >= 11 is 0. The van der Waals surface area contributed by atoms with Crippen molar-refractivity contribution in [2.24, 2.45) is 0 Å². The molecule has 0 saturated carbocycles. The maximum atomic E-state index is 12.0. The standard InChI is InChI=1S/C7H12F3NO3.ClH/c1-3(12)5(6(13)14)11-4(2)7(8,9)10;/h3-5,11-12H,1-2H3,(H,13,14);1H/t3-,4+,5+;/m1./s1. The Balaban J connectivity index is 0. The van der Waals surface area contributed by atoms with Gasteiger partial charge in [-0.05, 0) is 13.8 Å². The first-order valence-electron chi connectivity index (χ1n) is 3.90. The molecule has 0 unspecified atom stereocenters. The minimum Gasteiger partial charge on any atom is -0.480 e. The molecule has 3 atom stereocenters. The van der Waals surface area contributed by atoms with Crippen LogP contribution < -0.4 is 5.32 Å². The maximum Gasteiger partial charge on any atom is 0.403 e. The Labute approximate surface area is 90.9 Å². The topological polar surface area (TPSA) is 69.6 Å². The van der Waals surface area contributed by atoms with Crippen LogP contribution in [0.4, 0.5) is 13.2 Å². The lowest BCUT2D eigenvalue weighted by molar-refractivity contribution is -0.160. The van der Waals surface area contributed by atoms with Gasteiger partial charge in [-0.3, -0.25) is 10.1 Å². The van der Waals surface area contributed by atoms with Crippen molar-refractivity contribution in [3.05, 3.63) is 0 Å². The van der Waals surface area contributed by atoms with Crippen LogP contribution in [-0.4, -0.2) is 40.5 Å². The minimum absolute atomic E-state index is 0. The van der Waals surface area contributed by atoms with Crippen molar-refractivity contribution in [1.82, 2.24) is 5.32 Å². The van der Waals surface area contributed by atoms with Crippen molar-refractivity contribution in [3.63, 3.8) is 0 Å². The third-order valence-electron chi connectivity index (χ3n) is 1.67. The van der Waals surface area contributed by atoms with Crippen molar-refractivity contribution < 1.29 is 28.2 Å². The second-order valence-electron chi connectivity index (χ2n) is 2.99. The molecule has 0 aromatic carbocycles. The summed E-state index contributed by atoms with van der Waals surface area (Å²) < 4.78 is 36.0. The van der Waals surface area contributed by atoms with Gasteiger partial charge in [0.05, 0.1) is 6.10 Å². The van der Waals surface area contributed by atoms with E-state index in [-0.39, 0.29) is 12.4 Å². The number of aliphatic hydroxyl groups is 1. The van der Waals surface area contributed by atoms with Crippen LogP contribution in [0.1, 0.15) is 13.8 Å². The molecule has 0 aromatic rings. The first-order chi connectivity index (χ1) is 6.16. The van der Waals surface area contributed by atoms with Gasteiger partial charge in [0.1, 0.15) is 12.1 Å². The van der Waals surface area contributed by atoms with Crippen LogP contribution in [0.2, 0.25) is 0 Å². The lowest BCUT2D eigenvalue weighted by atomic mass is 10.1. The minimum atomic E-state index is -4.53. The van der Waals surface area contributed by atoms with Gasteiger partial charge in [0.25, 0.3) is 0 Å². The third-order valence-corrected chi connectivity index (χ3v) is 1.67. The van der Waals surface area contributed by atoms with E-state index in [2.05, 4.69) is 0 Å². The van der Waals surface area contributed by atoms with Crippen molar-refractivity contribution in [3.8, 4) is 0 Å². The van der Waals surface area contributed by atoms with Crippen LogP contribution in [0.25, 0.3) is 0 Å². The zero-order valence-electron chi connectivity index (χ0n) is 8.08. The summed E-state index contributed by atoms with van der Waals surface area (Å²) in [5, 5.41) is 19.1. The number of halogens is 4. The molecule has 0 aliphatic rings. The number of nitrogens with one attached hydrogen (secondary N) is 1. The molecule has 0 rings (SSSR count). The largest absolute Gasteiger partial charge is 0.480 e.